The summed E-state index contributed by atoms with van der Waals surface area (Å²) < 4.78 is 0. The average Bonchev–Trinajstić information content (AvgIpc) is 2.34. The van der Waals surface area contributed by atoms with E-state index >= 15 is 0 Å². The fourth-order valence-electron chi connectivity index (χ4n) is 1.53. The topological polar surface area (TPSA) is 41.3 Å². The molecule has 0 aliphatic carbocycles. The third kappa shape index (κ3) is 1.48. The number of nitrogens with zero attached hydrogens (tertiary/aromatic N) is 1. The summed E-state index contributed by atoms with van der Waals surface area (Å²) in [5.41, 5.74) is 5.78. The Balaban J connectivity index is 2.38. The summed E-state index contributed by atoms with van der Waals surface area (Å²) in [6.45, 7) is 3.37. The van der Waals surface area contributed by atoms with Gasteiger partial charge in [0.2, 0.25) is 0 Å². The Morgan fingerprint density at radius 2 is 2.40 bits per heavy atom. The molecule has 0 aromatic rings. The van der Waals surface area contributed by atoms with Crippen molar-refractivity contribution in [1.82, 2.24) is 10.2 Å². The van der Waals surface area contributed by atoms with E-state index in [2.05, 4.69) is 17.1 Å². The highest BCUT2D eigenvalue weighted by atomic mass is 15.4. The maximum absolute atomic E-state index is 5.78. The van der Waals surface area contributed by atoms with Crippen molar-refractivity contribution in [1.29, 1.82) is 0 Å². The van der Waals surface area contributed by atoms with E-state index in [9.17, 15) is 0 Å². The number of hydrogen-bond donors (Lipinski definition) is 2. The zero-order chi connectivity index (χ0) is 7.56. The highest BCUT2D eigenvalue weighted by Gasteiger charge is 2.23. The van der Waals surface area contributed by atoms with Crippen LogP contribution in [0.4, 0.5) is 0 Å². The Hall–Kier alpha value is -0.120. The maximum Gasteiger partial charge on any atom is 0.111 e. The van der Waals surface area contributed by atoms with Crippen LogP contribution in [0.25, 0.3) is 0 Å². The molecule has 0 aromatic heterocycles. The van der Waals surface area contributed by atoms with E-state index in [-0.39, 0.29) is 6.29 Å². The standard InChI is InChI=1S/C7H17N3/c1-6-4-3-5-10(6)7(8)9-2/h6-7,9H,3-5,8H2,1-2H3. The Bertz CT molecular complexity index is 105. The minimum Gasteiger partial charge on any atom is -0.303 e. The van der Waals surface area contributed by atoms with Crippen molar-refractivity contribution < 1.29 is 0 Å². The summed E-state index contributed by atoms with van der Waals surface area (Å²) in [4.78, 5) is 2.29. The van der Waals surface area contributed by atoms with Crippen molar-refractivity contribution in [3.05, 3.63) is 0 Å². The molecule has 0 amide bonds. The van der Waals surface area contributed by atoms with Crippen LogP contribution in [0.15, 0.2) is 0 Å². The van der Waals surface area contributed by atoms with Crippen LogP contribution in [0.1, 0.15) is 19.8 Å². The first-order chi connectivity index (χ1) is 4.75. The predicted molar refractivity (Wildman–Crippen MR) is 42.4 cm³/mol. The van der Waals surface area contributed by atoms with Gasteiger partial charge < -0.3 is 5.73 Å². The molecule has 0 saturated carbocycles. The molecule has 3 nitrogen and oxygen atoms in total. The molecule has 1 aliphatic rings. The number of nitrogens with one attached hydrogen (secondary N) is 1. The summed E-state index contributed by atoms with van der Waals surface area (Å²) in [5.74, 6) is 0. The highest BCUT2D eigenvalue weighted by Crippen LogP contribution is 2.16. The van der Waals surface area contributed by atoms with Gasteiger partial charge in [-0.05, 0) is 26.8 Å². The van der Waals surface area contributed by atoms with E-state index in [1.54, 1.807) is 0 Å². The van der Waals surface area contributed by atoms with E-state index in [0.717, 1.165) is 6.54 Å². The molecular weight excluding hydrogens is 126 g/mol. The molecule has 1 aliphatic heterocycles. The van der Waals surface area contributed by atoms with Gasteiger partial charge >= 0.3 is 0 Å². The molecule has 1 saturated heterocycles. The maximum atomic E-state index is 5.78. The Labute approximate surface area is 62.6 Å². The fraction of sp³-hybridized carbons (Fsp3) is 1.00. The molecule has 0 aromatic carbocycles. The largest absolute Gasteiger partial charge is 0.303 e. The number of nitrogens with two attached hydrogens (primary N) is 1. The van der Waals surface area contributed by atoms with Crippen molar-refractivity contribution in [2.45, 2.75) is 32.1 Å². The molecule has 3 N–H and O–H groups in total. The minimum absolute atomic E-state index is 0.0532. The molecule has 2 atom stereocenters. The van der Waals surface area contributed by atoms with Crippen LogP contribution in [0, 0.1) is 0 Å². The SMILES string of the molecule is CNC(N)N1CCCC1C. The predicted octanol–water partition coefficient (Wildman–Crippen LogP) is -0.0676. The molecule has 1 fully saturated rings. The smallest absolute Gasteiger partial charge is 0.111 e. The van der Waals surface area contributed by atoms with Crippen LogP contribution >= 0.6 is 0 Å². The normalized spacial score (nSPS) is 30.9. The van der Waals surface area contributed by atoms with Gasteiger partial charge in [0.15, 0.2) is 0 Å². The first-order valence-electron chi connectivity index (χ1n) is 3.94. The second-order valence-corrected chi connectivity index (χ2v) is 2.96. The van der Waals surface area contributed by atoms with Gasteiger partial charge in [0.05, 0.1) is 0 Å². The zero-order valence-corrected chi connectivity index (χ0v) is 6.80. The molecule has 60 valence electrons. The number of hydrogen-bond acceptors (Lipinski definition) is 3. The third-order valence-electron chi connectivity index (χ3n) is 2.26. The van der Waals surface area contributed by atoms with Gasteiger partial charge in [-0.2, -0.15) is 0 Å². The molecule has 0 spiro atoms. The Kier molecular flexibility index (Phi) is 2.65. The quantitative estimate of drug-likeness (QED) is 0.532. The fourth-order valence-corrected chi connectivity index (χ4v) is 1.53. The van der Waals surface area contributed by atoms with Gasteiger partial charge in [-0.15, -0.1) is 0 Å². The molecule has 10 heavy (non-hydrogen) atoms. The molecule has 0 bridgehead atoms. The van der Waals surface area contributed by atoms with Crippen LogP contribution in [0.3, 0.4) is 0 Å². The van der Waals surface area contributed by atoms with Crippen molar-refractivity contribution >= 4 is 0 Å². The van der Waals surface area contributed by atoms with Crippen molar-refractivity contribution in [3.8, 4) is 0 Å². The summed E-state index contributed by atoms with van der Waals surface area (Å²) >= 11 is 0. The van der Waals surface area contributed by atoms with Crippen LogP contribution in [0.5, 0.6) is 0 Å². The van der Waals surface area contributed by atoms with Crippen molar-refractivity contribution in [2.24, 2.45) is 5.73 Å². The summed E-state index contributed by atoms with van der Waals surface area (Å²) in [5, 5.41) is 3.04. The van der Waals surface area contributed by atoms with Gasteiger partial charge in [-0.3, -0.25) is 10.2 Å². The molecule has 2 unspecified atom stereocenters. The van der Waals surface area contributed by atoms with Crippen LogP contribution < -0.4 is 11.1 Å². The molecule has 1 rings (SSSR count). The first kappa shape index (κ1) is 7.98. The van der Waals surface area contributed by atoms with Crippen LogP contribution in [-0.4, -0.2) is 30.8 Å². The lowest BCUT2D eigenvalue weighted by atomic mass is 10.2. The van der Waals surface area contributed by atoms with E-state index in [0.29, 0.717) is 6.04 Å². The first-order valence-corrected chi connectivity index (χ1v) is 3.94. The van der Waals surface area contributed by atoms with Crippen LogP contribution in [0.2, 0.25) is 0 Å². The van der Waals surface area contributed by atoms with Gasteiger partial charge in [0, 0.05) is 12.6 Å². The summed E-state index contributed by atoms with van der Waals surface area (Å²) in [6.07, 6.45) is 2.63. The van der Waals surface area contributed by atoms with Gasteiger partial charge in [-0.25, -0.2) is 0 Å². The molecule has 0 radical (unpaired) electrons. The molecular formula is C7H17N3. The van der Waals surface area contributed by atoms with Gasteiger partial charge in [0.1, 0.15) is 6.29 Å². The Morgan fingerprint density at radius 1 is 1.70 bits per heavy atom. The third-order valence-corrected chi connectivity index (χ3v) is 2.26. The number of rotatable bonds is 2. The molecule has 1 heterocycles. The summed E-state index contributed by atoms with van der Waals surface area (Å²) in [7, 11) is 1.90. The van der Waals surface area contributed by atoms with Crippen molar-refractivity contribution in [2.75, 3.05) is 13.6 Å². The second kappa shape index (κ2) is 3.32. The lowest BCUT2D eigenvalue weighted by Crippen LogP contribution is -2.51. The average molecular weight is 143 g/mol. The monoisotopic (exact) mass is 143 g/mol. The summed E-state index contributed by atoms with van der Waals surface area (Å²) in [6, 6.07) is 0.655. The zero-order valence-electron chi connectivity index (χ0n) is 6.80. The van der Waals surface area contributed by atoms with Crippen LogP contribution in [-0.2, 0) is 0 Å². The van der Waals surface area contributed by atoms with E-state index in [1.807, 2.05) is 7.05 Å². The number of likely N-dealkylation sites (tertiary alicyclic amines) is 1. The molecule has 3 heteroatoms. The van der Waals surface area contributed by atoms with Crippen molar-refractivity contribution in [3.63, 3.8) is 0 Å². The second-order valence-electron chi connectivity index (χ2n) is 2.96. The minimum atomic E-state index is 0.0532. The highest BCUT2D eigenvalue weighted by molar-refractivity contribution is 4.77. The van der Waals surface area contributed by atoms with E-state index < -0.39 is 0 Å². The van der Waals surface area contributed by atoms with E-state index in [4.69, 9.17) is 5.73 Å². The lowest BCUT2D eigenvalue weighted by molar-refractivity contribution is 0.171. The van der Waals surface area contributed by atoms with Gasteiger partial charge in [-0.1, -0.05) is 0 Å². The van der Waals surface area contributed by atoms with E-state index in [1.165, 1.54) is 12.8 Å². The Morgan fingerprint density at radius 3 is 2.80 bits per heavy atom. The lowest BCUT2D eigenvalue weighted by Gasteiger charge is -2.27. The van der Waals surface area contributed by atoms with Gasteiger partial charge in [0.25, 0.3) is 0 Å².